The number of benzene rings is 3. The highest BCUT2D eigenvalue weighted by Gasteiger charge is 2.43. The van der Waals surface area contributed by atoms with E-state index < -0.39 is 29.1 Å². The molecule has 1 heterocycles. The first-order valence-corrected chi connectivity index (χ1v) is 10.3. The minimum Gasteiger partial charge on any atom is -0.337 e. The van der Waals surface area contributed by atoms with Gasteiger partial charge in [0.2, 0.25) is 0 Å². The van der Waals surface area contributed by atoms with E-state index in [1.807, 2.05) is 63.2 Å². The summed E-state index contributed by atoms with van der Waals surface area (Å²) in [6, 6.07) is 17.4. The maximum atomic E-state index is 14.6. The predicted octanol–water partition coefficient (Wildman–Crippen LogP) is 5.39. The van der Waals surface area contributed by atoms with Crippen LogP contribution in [0.25, 0.3) is 5.57 Å². The van der Waals surface area contributed by atoms with Gasteiger partial charge in [-0.25, -0.2) is 13.7 Å². The van der Waals surface area contributed by atoms with Gasteiger partial charge < -0.3 is 4.90 Å². The maximum Gasteiger partial charge on any atom is 0.282 e. The summed E-state index contributed by atoms with van der Waals surface area (Å²) in [4.78, 5) is 29.6. The van der Waals surface area contributed by atoms with E-state index >= 15 is 0 Å². The van der Waals surface area contributed by atoms with E-state index in [1.54, 1.807) is 11.0 Å². The summed E-state index contributed by atoms with van der Waals surface area (Å²) in [6.07, 6.45) is 0. The molecule has 1 aliphatic heterocycles. The Morgan fingerprint density at radius 1 is 0.844 bits per heavy atom. The summed E-state index contributed by atoms with van der Waals surface area (Å²) in [5.41, 5.74) is 3.15. The van der Waals surface area contributed by atoms with Gasteiger partial charge in [-0.3, -0.25) is 9.59 Å². The molecule has 0 radical (unpaired) electrons. The number of carbonyl (C=O) groups excluding carboxylic acids is 2. The van der Waals surface area contributed by atoms with Crippen LogP contribution in [0.2, 0.25) is 0 Å². The Kier molecular flexibility index (Phi) is 5.61. The summed E-state index contributed by atoms with van der Waals surface area (Å²) >= 11 is 0. The van der Waals surface area contributed by atoms with Crippen molar-refractivity contribution in [3.63, 3.8) is 0 Å². The summed E-state index contributed by atoms with van der Waals surface area (Å²) in [6.45, 7) is 6.12. The molecule has 0 bridgehead atoms. The topological polar surface area (TPSA) is 40.6 Å². The number of likely N-dealkylation sites (N-methyl/N-ethyl adjacent to an activating group) is 1. The van der Waals surface area contributed by atoms with Gasteiger partial charge >= 0.3 is 0 Å². The summed E-state index contributed by atoms with van der Waals surface area (Å²) in [5, 5.41) is 0. The molecular weight excluding hydrogens is 410 g/mol. The van der Waals surface area contributed by atoms with Crippen molar-refractivity contribution >= 4 is 28.8 Å². The third kappa shape index (κ3) is 3.58. The zero-order chi connectivity index (χ0) is 23.0. The molecule has 6 heteroatoms. The highest BCUT2D eigenvalue weighted by Crippen LogP contribution is 2.38. The molecule has 1 aliphatic rings. The first kappa shape index (κ1) is 21.4. The Labute approximate surface area is 185 Å². The van der Waals surface area contributed by atoms with Crippen molar-refractivity contribution in [1.29, 1.82) is 0 Å². The van der Waals surface area contributed by atoms with Crippen LogP contribution in [-0.4, -0.2) is 18.4 Å². The maximum absolute atomic E-state index is 14.6. The Bertz CT molecular complexity index is 1250. The van der Waals surface area contributed by atoms with Crippen LogP contribution in [0.15, 0.2) is 72.4 Å². The van der Waals surface area contributed by atoms with Gasteiger partial charge in [0.1, 0.15) is 17.3 Å². The van der Waals surface area contributed by atoms with Crippen LogP contribution in [0.1, 0.15) is 23.6 Å². The lowest BCUT2D eigenvalue weighted by atomic mass is 9.99. The second-order valence-electron chi connectivity index (χ2n) is 7.64. The van der Waals surface area contributed by atoms with Crippen LogP contribution in [-0.2, 0) is 9.59 Å². The SMILES string of the molecule is CCN(C1=C(c2ccc(C)c(C)c2)C(=O)N(c2cc(F)ccc2F)C1=O)c1ccccc1. The number of amides is 2. The number of halogens is 2. The Balaban J connectivity index is 1.95. The van der Waals surface area contributed by atoms with Crippen molar-refractivity contribution in [3.8, 4) is 0 Å². The molecule has 4 nitrogen and oxygen atoms in total. The largest absolute Gasteiger partial charge is 0.337 e. The fraction of sp³-hybridized carbons (Fsp3) is 0.154. The Hall–Kier alpha value is -3.80. The second kappa shape index (κ2) is 8.38. The van der Waals surface area contributed by atoms with E-state index in [1.165, 1.54) is 0 Å². The quantitative estimate of drug-likeness (QED) is 0.508. The van der Waals surface area contributed by atoms with Gasteiger partial charge in [0.25, 0.3) is 11.8 Å². The van der Waals surface area contributed by atoms with E-state index in [9.17, 15) is 18.4 Å². The van der Waals surface area contributed by atoms with Gasteiger partial charge in [-0.05, 0) is 61.7 Å². The minimum absolute atomic E-state index is 0.135. The average molecular weight is 432 g/mol. The average Bonchev–Trinajstić information content (AvgIpc) is 3.03. The molecule has 0 aliphatic carbocycles. The van der Waals surface area contributed by atoms with Gasteiger partial charge in [-0.2, -0.15) is 0 Å². The number of imide groups is 1. The lowest BCUT2D eigenvalue weighted by molar-refractivity contribution is -0.120. The zero-order valence-electron chi connectivity index (χ0n) is 18.0. The molecule has 2 amide bonds. The fourth-order valence-electron chi connectivity index (χ4n) is 3.88. The number of hydrogen-bond donors (Lipinski definition) is 0. The minimum atomic E-state index is -0.850. The Morgan fingerprint density at radius 3 is 2.22 bits per heavy atom. The summed E-state index contributed by atoms with van der Waals surface area (Å²) < 4.78 is 28.5. The summed E-state index contributed by atoms with van der Waals surface area (Å²) in [7, 11) is 0. The molecule has 0 unspecified atom stereocenters. The molecule has 3 aromatic carbocycles. The van der Waals surface area contributed by atoms with Gasteiger partial charge in [0.05, 0.1) is 11.3 Å². The first-order chi connectivity index (χ1) is 15.3. The number of rotatable bonds is 5. The molecule has 0 atom stereocenters. The summed E-state index contributed by atoms with van der Waals surface area (Å²) in [5.74, 6) is -2.97. The number of aryl methyl sites for hydroxylation is 2. The number of para-hydroxylation sites is 1. The lowest BCUT2D eigenvalue weighted by Crippen LogP contribution is -2.36. The molecule has 0 fully saturated rings. The molecular formula is C26H22F2N2O2. The van der Waals surface area contributed by atoms with Gasteiger partial charge in [0, 0.05) is 18.3 Å². The van der Waals surface area contributed by atoms with Crippen molar-refractivity contribution in [2.24, 2.45) is 0 Å². The van der Waals surface area contributed by atoms with Crippen LogP contribution >= 0.6 is 0 Å². The molecule has 32 heavy (non-hydrogen) atoms. The molecule has 162 valence electrons. The first-order valence-electron chi connectivity index (χ1n) is 10.3. The monoisotopic (exact) mass is 432 g/mol. The van der Waals surface area contributed by atoms with Crippen molar-refractivity contribution in [2.45, 2.75) is 20.8 Å². The fourth-order valence-corrected chi connectivity index (χ4v) is 3.88. The highest BCUT2D eigenvalue weighted by atomic mass is 19.1. The molecule has 4 rings (SSSR count). The van der Waals surface area contributed by atoms with Gasteiger partial charge in [-0.15, -0.1) is 0 Å². The zero-order valence-corrected chi connectivity index (χ0v) is 18.0. The van der Waals surface area contributed by atoms with E-state index in [2.05, 4.69) is 0 Å². The van der Waals surface area contributed by atoms with Crippen molar-refractivity contribution in [3.05, 3.63) is 101 Å². The standard InChI is InChI=1S/C26H22F2N2O2/c1-4-29(20-8-6-5-7-9-20)24-23(18-11-10-16(2)17(3)14-18)25(31)30(26(24)32)22-15-19(27)12-13-21(22)28/h5-15H,4H2,1-3H3. The van der Waals surface area contributed by atoms with Crippen LogP contribution in [0, 0.1) is 25.5 Å². The second-order valence-corrected chi connectivity index (χ2v) is 7.64. The smallest absolute Gasteiger partial charge is 0.282 e. The van der Waals surface area contributed by atoms with Gasteiger partial charge in [0.15, 0.2) is 0 Å². The molecule has 0 N–H and O–H groups in total. The predicted molar refractivity (Wildman–Crippen MR) is 121 cm³/mol. The normalized spacial score (nSPS) is 13.8. The molecule has 0 saturated heterocycles. The van der Waals surface area contributed by atoms with Crippen LogP contribution in [0.5, 0.6) is 0 Å². The number of anilines is 2. The molecule has 3 aromatic rings. The van der Waals surface area contributed by atoms with E-state index in [-0.39, 0.29) is 11.3 Å². The molecule has 0 saturated carbocycles. The number of hydrogen-bond acceptors (Lipinski definition) is 3. The van der Waals surface area contributed by atoms with E-state index in [0.29, 0.717) is 17.8 Å². The van der Waals surface area contributed by atoms with Crippen LogP contribution in [0.3, 0.4) is 0 Å². The van der Waals surface area contributed by atoms with Crippen molar-refractivity contribution in [1.82, 2.24) is 0 Å². The number of carbonyl (C=O) groups is 2. The van der Waals surface area contributed by atoms with Gasteiger partial charge in [-0.1, -0.05) is 36.4 Å². The molecule has 0 aromatic heterocycles. The lowest BCUT2D eigenvalue weighted by Gasteiger charge is -2.25. The highest BCUT2D eigenvalue weighted by molar-refractivity contribution is 6.46. The van der Waals surface area contributed by atoms with Crippen molar-refractivity contribution < 1.29 is 18.4 Å². The van der Waals surface area contributed by atoms with Crippen molar-refractivity contribution in [2.75, 3.05) is 16.3 Å². The third-order valence-corrected chi connectivity index (χ3v) is 5.66. The molecule has 0 spiro atoms. The third-order valence-electron chi connectivity index (χ3n) is 5.66. The van der Waals surface area contributed by atoms with Crippen LogP contribution < -0.4 is 9.80 Å². The van der Waals surface area contributed by atoms with E-state index in [0.717, 1.165) is 34.2 Å². The Morgan fingerprint density at radius 2 is 1.56 bits per heavy atom. The van der Waals surface area contributed by atoms with E-state index in [4.69, 9.17) is 0 Å². The van der Waals surface area contributed by atoms with Crippen LogP contribution in [0.4, 0.5) is 20.2 Å². The number of nitrogens with zero attached hydrogens (tertiary/aromatic N) is 2.